The second-order valence-electron chi connectivity index (χ2n) is 4.89. The molecule has 0 atom stereocenters. The minimum Gasteiger partial charge on any atom is -0.370 e. The Bertz CT molecular complexity index is 773. The van der Waals surface area contributed by atoms with Gasteiger partial charge in [0, 0.05) is 19.2 Å². The van der Waals surface area contributed by atoms with Crippen LogP contribution in [0.3, 0.4) is 0 Å². The Labute approximate surface area is 129 Å². The molecule has 0 aliphatic carbocycles. The molecule has 0 bridgehead atoms. The summed E-state index contributed by atoms with van der Waals surface area (Å²) >= 11 is 1.73. The Balaban J connectivity index is 2.02. The summed E-state index contributed by atoms with van der Waals surface area (Å²) in [7, 11) is 1.82. The summed E-state index contributed by atoms with van der Waals surface area (Å²) in [5.41, 5.74) is 3.69. The van der Waals surface area contributed by atoms with Gasteiger partial charge in [0.1, 0.15) is 5.84 Å². The van der Waals surface area contributed by atoms with Gasteiger partial charge in [0.15, 0.2) is 0 Å². The summed E-state index contributed by atoms with van der Waals surface area (Å²) in [6, 6.07) is 15.3. The van der Waals surface area contributed by atoms with Crippen molar-refractivity contribution in [2.45, 2.75) is 6.92 Å². The number of hydrogen-bond donors (Lipinski definition) is 1. The lowest BCUT2D eigenvalue weighted by Crippen LogP contribution is -2.23. The zero-order valence-electron chi connectivity index (χ0n) is 12.3. The van der Waals surface area contributed by atoms with E-state index in [4.69, 9.17) is 0 Å². The van der Waals surface area contributed by atoms with Gasteiger partial charge in [0.25, 0.3) is 0 Å². The molecule has 0 saturated carbocycles. The molecule has 106 valence electrons. The zero-order valence-corrected chi connectivity index (χ0v) is 13.1. The molecule has 0 aliphatic rings. The van der Waals surface area contributed by atoms with Gasteiger partial charge in [-0.2, -0.15) is 11.3 Å². The van der Waals surface area contributed by atoms with Crippen molar-refractivity contribution < 1.29 is 0 Å². The predicted molar refractivity (Wildman–Crippen MR) is 93.4 cm³/mol. The van der Waals surface area contributed by atoms with Crippen LogP contribution >= 0.6 is 11.3 Å². The van der Waals surface area contributed by atoms with Crippen LogP contribution in [0.1, 0.15) is 12.5 Å². The lowest BCUT2D eigenvalue weighted by molar-refractivity contribution is 0.962. The number of aliphatic imine (C=N–C) groups is 1. The lowest BCUT2D eigenvalue weighted by Gasteiger charge is -2.09. The number of rotatable bonds is 3. The maximum Gasteiger partial charge on any atom is 0.127 e. The summed E-state index contributed by atoms with van der Waals surface area (Å²) in [5, 5.41) is 10.1. The van der Waals surface area contributed by atoms with Crippen molar-refractivity contribution in [3.05, 3.63) is 58.8 Å². The highest BCUT2D eigenvalue weighted by molar-refractivity contribution is 7.08. The number of nitrogens with zero attached hydrogens (tertiary/aromatic N) is 1. The first-order valence-electron chi connectivity index (χ1n) is 7.09. The normalized spacial score (nSPS) is 11.8. The quantitative estimate of drug-likeness (QED) is 0.556. The third-order valence-corrected chi connectivity index (χ3v) is 4.22. The third kappa shape index (κ3) is 2.83. The second-order valence-corrected chi connectivity index (χ2v) is 5.67. The molecule has 0 aliphatic heterocycles. The van der Waals surface area contributed by atoms with Crippen LogP contribution in [-0.2, 0) is 0 Å². The van der Waals surface area contributed by atoms with Crippen LogP contribution in [0, 0.1) is 0 Å². The van der Waals surface area contributed by atoms with Crippen LogP contribution in [0.2, 0.25) is 0 Å². The van der Waals surface area contributed by atoms with Gasteiger partial charge >= 0.3 is 0 Å². The predicted octanol–water partition coefficient (Wildman–Crippen LogP) is 4.55. The summed E-state index contributed by atoms with van der Waals surface area (Å²) in [6.07, 6.45) is 0. The van der Waals surface area contributed by atoms with Gasteiger partial charge < -0.3 is 5.32 Å². The van der Waals surface area contributed by atoms with Crippen molar-refractivity contribution in [1.29, 1.82) is 0 Å². The molecule has 0 spiro atoms. The molecule has 21 heavy (non-hydrogen) atoms. The van der Waals surface area contributed by atoms with Crippen molar-refractivity contribution in [2.75, 3.05) is 13.6 Å². The molecular weight excluding hydrogens is 276 g/mol. The molecular formula is C18H18N2S. The van der Waals surface area contributed by atoms with Crippen molar-refractivity contribution in [1.82, 2.24) is 5.32 Å². The first-order valence-corrected chi connectivity index (χ1v) is 8.03. The van der Waals surface area contributed by atoms with E-state index in [2.05, 4.69) is 70.5 Å². The summed E-state index contributed by atoms with van der Waals surface area (Å²) < 4.78 is 0. The van der Waals surface area contributed by atoms with E-state index in [-0.39, 0.29) is 0 Å². The molecule has 1 aromatic heterocycles. The molecule has 1 N–H and O–H groups in total. The number of hydrogen-bond acceptors (Lipinski definition) is 2. The van der Waals surface area contributed by atoms with E-state index in [0.29, 0.717) is 0 Å². The topological polar surface area (TPSA) is 24.4 Å². The van der Waals surface area contributed by atoms with E-state index in [9.17, 15) is 0 Å². The molecule has 0 amide bonds. The number of nitrogens with one attached hydrogen (secondary N) is 1. The number of benzene rings is 2. The van der Waals surface area contributed by atoms with Gasteiger partial charge in [0.05, 0.1) is 0 Å². The molecule has 0 unspecified atom stereocenters. The number of thiophene rings is 1. The first kappa shape index (κ1) is 13.8. The minimum absolute atomic E-state index is 0.877. The smallest absolute Gasteiger partial charge is 0.127 e. The second kappa shape index (κ2) is 6.10. The third-order valence-electron chi connectivity index (χ3n) is 3.54. The van der Waals surface area contributed by atoms with Crippen LogP contribution in [0.4, 0.5) is 0 Å². The van der Waals surface area contributed by atoms with Crippen molar-refractivity contribution in [2.24, 2.45) is 4.99 Å². The van der Waals surface area contributed by atoms with E-state index >= 15 is 0 Å². The fourth-order valence-electron chi connectivity index (χ4n) is 2.48. The fourth-order valence-corrected chi connectivity index (χ4v) is 3.14. The minimum atomic E-state index is 0.877. The maximum atomic E-state index is 4.32. The van der Waals surface area contributed by atoms with Crippen molar-refractivity contribution in [3.8, 4) is 11.1 Å². The van der Waals surface area contributed by atoms with Crippen LogP contribution in [0.15, 0.2) is 58.2 Å². The average Bonchev–Trinajstić information content (AvgIpc) is 3.06. The van der Waals surface area contributed by atoms with Crippen LogP contribution < -0.4 is 5.32 Å². The van der Waals surface area contributed by atoms with Crippen LogP contribution in [0.25, 0.3) is 21.9 Å². The molecule has 3 rings (SSSR count). The van der Waals surface area contributed by atoms with Crippen LogP contribution in [-0.4, -0.2) is 19.4 Å². The highest BCUT2D eigenvalue weighted by atomic mass is 32.1. The lowest BCUT2D eigenvalue weighted by atomic mass is 10.0. The molecule has 0 saturated heterocycles. The van der Waals surface area contributed by atoms with Gasteiger partial charge in [-0.3, -0.25) is 4.99 Å². The highest BCUT2D eigenvalue weighted by Gasteiger charge is 2.04. The Morgan fingerprint density at radius 3 is 2.57 bits per heavy atom. The van der Waals surface area contributed by atoms with Crippen LogP contribution in [0.5, 0.6) is 0 Å². The van der Waals surface area contributed by atoms with E-state index in [1.165, 1.54) is 21.9 Å². The van der Waals surface area contributed by atoms with Crippen molar-refractivity contribution in [3.63, 3.8) is 0 Å². The molecule has 2 aromatic carbocycles. The Morgan fingerprint density at radius 2 is 1.86 bits per heavy atom. The molecule has 3 aromatic rings. The zero-order chi connectivity index (χ0) is 14.7. The molecule has 1 heterocycles. The van der Waals surface area contributed by atoms with E-state index in [0.717, 1.165) is 17.9 Å². The van der Waals surface area contributed by atoms with Gasteiger partial charge in [-0.1, -0.05) is 24.3 Å². The SMILES string of the molecule is CCNC(=NC)c1ccc2cc(-c3ccsc3)ccc2c1. The van der Waals surface area contributed by atoms with Gasteiger partial charge in [-0.05, 0) is 57.8 Å². The average molecular weight is 294 g/mol. The summed E-state index contributed by atoms with van der Waals surface area (Å²) in [6.45, 7) is 2.96. The molecule has 2 nitrogen and oxygen atoms in total. The van der Waals surface area contributed by atoms with E-state index in [1.54, 1.807) is 11.3 Å². The fraction of sp³-hybridized carbons (Fsp3) is 0.167. The summed E-state index contributed by atoms with van der Waals surface area (Å²) in [4.78, 5) is 4.32. The molecule has 0 fully saturated rings. The number of amidine groups is 1. The van der Waals surface area contributed by atoms with E-state index in [1.807, 2.05) is 7.05 Å². The first-order chi connectivity index (χ1) is 10.3. The van der Waals surface area contributed by atoms with Crippen molar-refractivity contribution >= 4 is 27.9 Å². The maximum absolute atomic E-state index is 4.32. The Kier molecular flexibility index (Phi) is 4.02. The Hall–Kier alpha value is -2.13. The van der Waals surface area contributed by atoms with Gasteiger partial charge in [-0.25, -0.2) is 0 Å². The largest absolute Gasteiger partial charge is 0.370 e. The monoisotopic (exact) mass is 294 g/mol. The number of fused-ring (bicyclic) bond motifs is 1. The molecule has 0 radical (unpaired) electrons. The summed E-state index contributed by atoms with van der Waals surface area (Å²) in [5.74, 6) is 0.946. The highest BCUT2D eigenvalue weighted by Crippen LogP contribution is 2.26. The van der Waals surface area contributed by atoms with Gasteiger partial charge in [-0.15, -0.1) is 0 Å². The van der Waals surface area contributed by atoms with Gasteiger partial charge in [0.2, 0.25) is 0 Å². The van der Waals surface area contributed by atoms with E-state index < -0.39 is 0 Å². The molecule has 3 heteroatoms. The Morgan fingerprint density at radius 1 is 1.05 bits per heavy atom. The standard InChI is InChI=1S/C18H18N2S/c1-3-20-18(19-2)16-7-6-13-10-15(5-4-14(13)11-16)17-8-9-21-12-17/h4-12H,3H2,1-2H3,(H,19,20).